The first kappa shape index (κ1) is 22.2. The molecule has 0 aliphatic carbocycles. The lowest BCUT2D eigenvalue weighted by Crippen LogP contribution is -2.52. The number of hydrogen-bond donors (Lipinski definition) is 1. The van der Waals surface area contributed by atoms with Gasteiger partial charge in [-0.1, -0.05) is 58.4 Å². The van der Waals surface area contributed by atoms with Gasteiger partial charge in [0.1, 0.15) is 6.04 Å². The summed E-state index contributed by atoms with van der Waals surface area (Å²) in [6, 6.07) is 17.2. The normalized spacial score (nSPS) is 12.3. The average molecular weight is 445 g/mol. The van der Waals surface area contributed by atoms with Gasteiger partial charge in [-0.05, 0) is 57.4 Å². The fourth-order valence-corrected chi connectivity index (χ4v) is 3.37. The van der Waals surface area contributed by atoms with Crippen molar-refractivity contribution >= 4 is 27.7 Å². The Morgan fingerprint density at radius 1 is 1.04 bits per heavy atom. The van der Waals surface area contributed by atoms with E-state index >= 15 is 0 Å². The molecule has 28 heavy (non-hydrogen) atoms. The van der Waals surface area contributed by atoms with Gasteiger partial charge in [-0.3, -0.25) is 9.59 Å². The number of carbonyl (C=O) groups excluding carboxylic acids is 2. The van der Waals surface area contributed by atoms with Gasteiger partial charge in [0.2, 0.25) is 11.8 Å². The molecule has 2 aromatic rings. The van der Waals surface area contributed by atoms with Crippen LogP contribution in [0.3, 0.4) is 0 Å². The summed E-state index contributed by atoms with van der Waals surface area (Å²) < 4.78 is 0.952. The van der Waals surface area contributed by atoms with Gasteiger partial charge in [0.15, 0.2) is 0 Å². The Morgan fingerprint density at radius 2 is 1.68 bits per heavy atom. The summed E-state index contributed by atoms with van der Waals surface area (Å²) in [4.78, 5) is 27.4. The molecule has 2 aromatic carbocycles. The van der Waals surface area contributed by atoms with Crippen molar-refractivity contribution < 1.29 is 9.59 Å². The van der Waals surface area contributed by atoms with Crippen molar-refractivity contribution in [2.75, 3.05) is 0 Å². The van der Waals surface area contributed by atoms with E-state index in [-0.39, 0.29) is 17.4 Å². The number of aryl methyl sites for hydroxylation is 1. The molecule has 0 saturated carbocycles. The van der Waals surface area contributed by atoms with Crippen molar-refractivity contribution in [3.05, 3.63) is 70.2 Å². The molecule has 5 heteroatoms. The smallest absolute Gasteiger partial charge is 0.242 e. The number of nitrogens with one attached hydrogen (secondary N) is 1. The molecule has 1 atom stereocenters. The molecule has 4 nitrogen and oxygen atoms in total. The molecule has 0 aliphatic heterocycles. The highest BCUT2D eigenvalue weighted by Gasteiger charge is 2.28. The largest absolute Gasteiger partial charge is 0.350 e. The van der Waals surface area contributed by atoms with Gasteiger partial charge in [0.05, 0.1) is 0 Å². The number of amides is 2. The Kier molecular flexibility index (Phi) is 7.81. The Balaban J connectivity index is 2.16. The van der Waals surface area contributed by atoms with Crippen LogP contribution in [-0.2, 0) is 22.6 Å². The van der Waals surface area contributed by atoms with E-state index < -0.39 is 6.04 Å². The number of benzene rings is 2. The first-order valence-electron chi connectivity index (χ1n) is 9.55. The third-order valence-electron chi connectivity index (χ3n) is 4.38. The van der Waals surface area contributed by atoms with Crippen LogP contribution in [-0.4, -0.2) is 28.3 Å². The number of halogens is 1. The average Bonchev–Trinajstić information content (AvgIpc) is 2.63. The standard InChI is InChI=1S/C23H29BrN2O2/c1-17(22(28)25-23(2,3)4)26(16-19-11-8-12-20(24)15-19)21(27)14-13-18-9-6-5-7-10-18/h5-12,15,17H,13-14,16H2,1-4H3,(H,25,28)/t17-/m0/s1. The number of rotatable bonds is 7. The summed E-state index contributed by atoms with van der Waals surface area (Å²) in [6.07, 6.45) is 1.02. The number of hydrogen-bond acceptors (Lipinski definition) is 2. The Morgan fingerprint density at radius 3 is 2.29 bits per heavy atom. The van der Waals surface area contributed by atoms with Crippen LogP contribution in [0.15, 0.2) is 59.1 Å². The molecule has 0 aliphatic rings. The highest BCUT2D eigenvalue weighted by molar-refractivity contribution is 9.10. The molecule has 150 valence electrons. The van der Waals surface area contributed by atoms with Gasteiger partial charge in [-0.25, -0.2) is 0 Å². The molecule has 0 aromatic heterocycles. The molecular weight excluding hydrogens is 416 g/mol. The monoisotopic (exact) mass is 444 g/mol. The summed E-state index contributed by atoms with van der Waals surface area (Å²) in [5.74, 6) is -0.170. The zero-order valence-corrected chi connectivity index (χ0v) is 18.6. The summed E-state index contributed by atoms with van der Waals surface area (Å²) in [6.45, 7) is 8.00. The molecule has 1 N–H and O–H groups in total. The highest BCUT2D eigenvalue weighted by atomic mass is 79.9. The zero-order chi connectivity index (χ0) is 20.7. The van der Waals surface area contributed by atoms with Gasteiger partial charge in [0.25, 0.3) is 0 Å². The van der Waals surface area contributed by atoms with Crippen LogP contribution in [0.4, 0.5) is 0 Å². The Labute approximate surface area is 176 Å². The minimum atomic E-state index is -0.554. The third kappa shape index (κ3) is 7.12. The molecule has 0 saturated heterocycles. The van der Waals surface area contributed by atoms with Crippen molar-refractivity contribution in [3.8, 4) is 0 Å². The van der Waals surface area contributed by atoms with E-state index in [0.29, 0.717) is 19.4 Å². The third-order valence-corrected chi connectivity index (χ3v) is 4.87. The quantitative estimate of drug-likeness (QED) is 0.671. The van der Waals surface area contributed by atoms with Crippen molar-refractivity contribution in [3.63, 3.8) is 0 Å². The summed E-state index contributed by atoms with van der Waals surface area (Å²) in [5, 5.41) is 2.98. The van der Waals surface area contributed by atoms with E-state index in [9.17, 15) is 9.59 Å². The Hall–Kier alpha value is -2.14. The summed E-state index contributed by atoms with van der Waals surface area (Å²) in [5.41, 5.74) is 1.75. The van der Waals surface area contributed by atoms with E-state index in [0.717, 1.165) is 15.6 Å². The van der Waals surface area contributed by atoms with Crippen molar-refractivity contribution in [1.29, 1.82) is 0 Å². The minimum absolute atomic E-state index is 0.0274. The van der Waals surface area contributed by atoms with Crippen molar-refractivity contribution in [1.82, 2.24) is 10.2 Å². The molecular formula is C23H29BrN2O2. The maximum atomic E-state index is 13.1. The first-order chi connectivity index (χ1) is 13.2. The van der Waals surface area contributed by atoms with Crippen LogP contribution < -0.4 is 5.32 Å². The van der Waals surface area contributed by atoms with E-state index in [4.69, 9.17) is 0 Å². The van der Waals surface area contributed by atoms with Crippen molar-refractivity contribution in [2.45, 2.75) is 58.7 Å². The topological polar surface area (TPSA) is 49.4 Å². The predicted molar refractivity (Wildman–Crippen MR) is 117 cm³/mol. The molecule has 0 radical (unpaired) electrons. The maximum Gasteiger partial charge on any atom is 0.242 e. The van der Waals surface area contributed by atoms with Crippen LogP contribution in [0.25, 0.3) is 0 Å². The van der Waals surface area contributed by atoms with Crippen LogP contribution in [0.5, 0.6) is 0 Å². The van der Waals surface area contributed by atoms with E-state index in [1.54, 1.807) is 11.8 Å². The summed E-state index contributed by atoms with van der Waals surface area (Å²) in [7, 11) is 0. The second-order valence-electron chi connectivity index (χ2n) is 8.05. The molecule has 0 bridgehead atoms. The van der Waals surface area contributed by atoms with Gasteiger partial charge in [-0.15, -0.1) is 0 Å². The van der Waals surface area contributed by atoms with Gasteiger partial charge >= 0.3 is 0 Å². The number of nitrogens with zero attached hydrogens (tertiary/aromatic N) is 1. The zero-order valence-electron chi connectivity index (χ0n) is 17.0. The Bertz CT molecular complexity index is 800. The molecule has 0 heterocycles. The van der Waals surface area contributed by atoms with Crippen molar-refractivity contribution in [2.24, 2.45) is 0 Å². The van der Waals surface area contributed by atoms with Crippen LogP contribution >= 0.6 is 15.9 Å². The lowest BCUT2D eigenvalue weighted by atomic mass is 10.1. The second-order valence-corrected chi connectivity index (χ2v) is 8.97. The lowest BCUT2D eigenvalue weighted by molar-refractivity contribution is -0.141. The molecule has 0 unspecified atom stereocenters. The van der Waals surface area contributed by atoms with E-state index in [1.165, 1.54) is 0 Å². The summed E-state index contributed by atoms with van der Waals surface area (Å²) >= 11 is 3.47. The first-order valence-corrected chi connectivity index (χ1v) is 10.3. The van der Waals surface area contributed by atoms with E-state index in [2.05, 4.69) is 21.2 Å². The number of carbonyl (C=O) groups is 2. The second kappa shape index (κ2) is 9.87. The lowest BCUT2D eigenvalue weighted by Gasteiger charge is -2.31. The molecule has 2 amide bonds. The molecule has 2 rings (SSSR count). The maximum absolute atomic E-state index is 13.1. The van der Waals surface area contributed by atoms with Crippen LogP contribution in [0.1, 0.15) is 45.2 Å². The minimum Gasteiger partial charge on any atom is -0.350 e. The van der Waals surface area contributed by atoms with Crippen LogP contribution in [0.2, 0.25) is 0 Å². The SMILES string of the molecule is C[C@@H](C(=O)NC(C)(C)C)N(Cc1cccc(Br)c1)C(=O)CCc1ccccc1. The molecule has 0 spiro atoms. The van der Waals surface area contributed by atoms with Gasteiger partial charge in [-0.2, -0.15) is 0 Å². The predicted octanol–water partition coefficient (Wildman–Crippen LogP) is 4.71. The van der Waals surface area contributed by atoms with E-state index in [1.807, 2.05) is 75.4 Å². The molecule has 0 fully saturated rings. The highest BCUT2D eigenvalue weighted by Crippen LogP contribution is 2.17. The van der Waals surface area contributed by atoms with Crippen LogP contribution in [0, 0.1) is 0 Å². The van der Waals surface area contributed by atoms with Gasteiger partial charge < -0.3 is 10.2 Å². The fourth-order valence-electron chi connectivity index (χ4n) is 2.93. The fraction of sp³-hybridized carbons (Fsp3) is 0.391. The van der Waals surface area contributed by atoms with Gasteiger partial charge in [0, 0.05) is 23.0 Å².